The van der Waals surface area contributed by atoms with Gasteiger partial charge in [0.15, 0.2) is 12.2 Å². The maximum absolute atomic E-state index is 14.2. The summed E-state index contributed by atoms with van der Waals surface area (Å²) in [4.78, 5) is 81.1. The quantitative estimate of drug-likeness (QED) is 0.212. The number of carbonyl (C=O) groups is 6. The Balaban J connectivity index is 1.39. The molecule has 3 N–H and O–H groups in total. The Kier molecular flexibility index (Phi) is 11.8. The number of piperidine rings is 2. The number of hydrogen-bond donors (Lipinski definition) is 3. The average Bonchev–Trinajstić information content (AvgIpc) is 3.43. The number of esters is 6. The summed E-state index contributed by atoms with van der Waals surface area (Å²) in [7, 11) is 0. The summed E-state index contributed by atoms with van der Waals surface area (Å²) in [6, 6.07) is -0.327. The van der Waals surface area contributed by atoms with Gasteiger partial charge in [-0.3, -0.25) is 28.9 Å². The van der Waals surface area contributed by atoms with E-state index < -0.39 is 135 Å². The number of nitrogens with zero attached hydrogens (tertiary/aromatic N) is 1. The van der Waals surface area contributed by atoms with Crippen LogP contribution in [0.25, 0.3) is 0 Å². The fraction of sp³-hybridized carbons (Fsp3) is 0.867. The van der Waals surface area contributed by atoms with Crippen molar-refractivity contribution in [3.8, 4) is 0 Å². The van der Waals surface area contributed by atoms with Crippen molar-refractivity contribution in [2.45, 2.75) is 186 Å². The van der Waals surface area contributed by atoms with Crippen molar-refractivity contribution in [2.24, 2.45) is 46.8 Å². The molecule has 62 heavy (non-hydrogen) atoms. The van der Waals surface area contributed by atoms with E-state index in [-0.39, 0.29) is 31.7 Å². The Morgan fingerprint density at radius 2 is 1.53 bits per heavy atom. The normalized spacial score (nSPS) is 45.9. The molecule has 17 nitrogen and oxygen atoms in total. The fourth-order valence-electron chi connectivity index (χ4n) is 13.9. The molecule has 0 radical (unpaired) electrons. The highest BCUT2D eigenvalue weighted by atomic mass is 16.7. The summed E-state index contributed by atoms with van der Waals surface area (Å²) in [5.74, 6) is -11.6. The SMILES string of the molecule is CCC(C)C(=O)O[C@H]1C(OC(C)=O)C2[C@H](CN3CC(C)CC[C@H]3[C@@]2(C)O)[C@@H]2C[C@]34O[C@]5(O)C(OC(=O)C(C)(OC(C)=O)C(C)OC(C)=O)CCC3(C)C5C[C@@H](OC(C)=O)C4[C@]12O. The van der Waals surface area contributed by atoms with E-state index in [0.717, 1.165) is 20.3 Å². The Hall–Kier alpha value is -3.38. The Morgan fingerprint density at radius 3 is 2.13 bits per heavy atom. The molecular weight excluding hydrogens is 810 g/mol. The van der Waals surface area contributed by atoms with Gasteiger partial charge in [0, 0.05) is 64.1 Å². The highest BCUT2D eigenvalue weighted by molar-refractivity contribution is 5.84. The fourth-order valence-corrected chi connectivity index (χ4v) is 13.9. The molecule has 3 heterocycles. The lowest BCUT2D eigenvalue weighted by molar-refractivity contribution is -0.302. The molecule has 17 heteroatoms. The molecule has 4 aliphatic carbocycles. The topological polar surface area (TPSA) is 231 Å². The van der Waals surface area contributed by atoms with Crippen LogP contribution >= 0.6 is 0 Å². The monoisotopic (exact) mass is 877 g/mol. The summed E-state index contributed by atoms with van der Waals surface area (Å²) < 4.78 is 42.7. The third kappa shape index (κ3) is 6.79. The van der Waals surface area contributed by atoms with Gasteiger partial charge in [-0.05, 0) is 83.5 Å². The van der Waals surface area contributed by atoms with Crippen LogP contribution in [0.1, 0.15) is 121 Å². The van der Waals surface area contributed by atoms with Crippen LogP contribution < -0.4 is 0 Å². The third-order valence-electron chi connectivity index (χ3n) is 16.7. The van der Waals surface area contributed by atoms with E-state index in [0.29, 0.717) is 31.8 Å². The van der Waals surface area contributed by atoms with Crippen LogP contribution in [0, 0.1) is 46.8 Å². The zero-order valence-corrected chi connectivity index (χ0v) is 38.0. The van der Waals surface area contributed by atoms with Gasteiger partial charge in [0.05, 0.1) is 23.0 Å². The maximum Gasteiger partial charge on any atom is 0.354 e. The smallest absolute Gasteiger partial charge is 0.354 e. The second kappa shape index (κ2) is 15.7. The van der Waals surface area contributed by atoms with Crippen molar-refractivity contribution in [1.29, 1.82) is 0 Å². The van der Waals surface area contributed by atoms with Crippen molar-refractivity contribution in [1.82, 2.24) is 4.90 Å². The number of aliphatic hydroxyl groups is 3. The van der Waals surface area contributed by atoms with Crippen LogP contribution in [0.3, 0.4) is 0 Å². The van der Waals surface area contributed by atoms with Crippen LogP contribution in [-0.2, 0) is 61.9 Å². The first-order valence-corrected chi connectivity index (χ1v) is 22.5. The van der Waals surface area contributed by atoms with Gasteiger partial charge in [0.2, 0.25) is 11.4 Å². The zero-order valence-electron chi connectivity index (χ0n) is 38.0. The molecule has 7 rings (SSSR count). The molecule has 0 amide bonds. The summed E-state index contributed by atoms with van der Waals surface area (Å²) in [5.41, 5.74) is -8.28. The molecule has 3 saturated heterocycles. The molecule has 4 saturated carbocycles. The summed E-state index contributed by atoms with van der Waals surface area (Å²) in [6.07, 6.45) is -4.49. The predicted molar refractivity (Wildman–Crippen MR) is 214 cm³/mol. The molecule has 4 bridgehead atoms. The Bertz CT molecular complexity index is 1860. The van der Waals surface area contributed by atoms with Crippen LogP contribution in [0.15, 0.2) is 0 Å². The van der Waals surface area contributed by atoms with Crippen LogP contribution in [0.4, 0.5) is 0 Å². The second-order valence-corrected chi connectivity index (χ2v) is 20.5. The first kappa shape index (κ1) is 46.6. The molecule has 19 atom stereocenters. The van der Waals surface area contributed by atoms with Crippen molar-refractivity contribution in [2.75, 3.05) is 13.1 Å². The van der Waals surface area contributed by atoms with Crippen molar-refractivity contribution < 1.29 is 77.2 Å². The maximum atomic E-state index is 14.2. The molecule has 348 valence electrons. The Morgan fingerprint density at radius 1 is 0.871 bits per heavy atom. The minimum atomic E-state index is -2.26. The van der Waals surface area contributed by atoms with Crippen LogP contribution in [-0.4, -0.2) is 134 Å². The Labute approximate surface area is 363 Å². The molecular formula is C45H67NO16. The van der Waals surface area contributed by atoms with E-state index in [4.69, 9.17) is 33.2 Å². The van der Waals surface area contributed by atoms with Crippen molar-refractivity contribution in [3.63, 3.8) is 0 Å². The van der Waals surface area contributed by atoms with E-state index in [2.05, 4.69) is 11.8 Å². The minimum absolute atomic E-state index is 0.0477. The van der Waals surface area contributed by atoms with Gasteiger partial charge in [-0.15, -0.1) is 0 Å². The van der Waals surface area contributed by atoms with Gasteiger partial charge >= 0.3 is 35.8 Å². The molecule has 1 spiro atoms. The van der Waals surface area contributed by atoms with Crippen LogP contribution in [0.2, 0.25) is 0 Å². The zero-order chi connectivity index (χ0) is 45.9. The molecule has 3 aliphatic heterocycles. The van der Waals surface area contributed by atoms with Crippen LogP contribution in [0.5, 0.6) is 0 Å². The number of hydrogen-bond acceptors (Lipinski definition) is 17. The second-order valence-electron chi connectivity index (χ2n) is 20.5. The number of fused-ring (bicyclic) bond motifs is 5. The van der Waals surface area contributed by atoms with Gasteiger partial charge in [0.25, 0.3) is 0 Å². The largest absolute Gasteiger partial charge is 0.462 e. The van der Waals surface area contributed by atoms with Gasteiger partial charge < -0.3 is 48.5 Å². The number of ether oxygens (including phenoxy) is 7. The summed E-state index contributed by atoms with van der Waals surface area (Å²) in [5, 5.41) is 40.0. The number of carbonyl (C=O) groups excluding carboxylic acids is 6. The lowest BCUT2D eigenvalue weighted by Gasteiger charge is -2.64. The minimum Gasteiger partial charge on any atom is -0.462 e. The first-order chi connectivity index (χ1) is 28.7. The first-order valence-electron chi connectivity index (χ1n) is 22.5. The van der Waals surface area contributed by atoms with E-state index in [1.165, 1.54) is 27.7 Å². The highest BCUT2D eigenvalue weighted by Crippen LogP contribution is 2.78. The lowest BCUT2D eigenvalue weighted by atomic mass is 9.49. The van der Waals surface area contributed by atoms with E-state index in [1.54, 1.807) is 13.8 Å². The van der Waals surface area contributed by atoms with E-state index in [9.17, 15) is 44.1 Å². The van der Waals surface area contributed by atoms with Gasteiger partial charge in [-0.2, -0.15) is 0 Å². The average molecular weight is 878 g/mol. The molecule has 10 unspecified atom stereocenters. The highest BCUT2D eigenvalue weighted by Gasteiger charge is 2.88. The van der Waals surface area contributed by atoms with Gasteiger partial charge in [-0.1, -0.05) is 27.7 Å². The van der Waals surface area contributed by atoms with Crippen molar-refractivity contribution >= 4 is 35.8 Å². The van der Waals surface area contributed by atoms with E-state index in [1.807, 2.05) is 13.8 Å². The molecule has 7 fully saturated rings. The summed E-state index contributed by atoms with van der Waals surface area (Å²) >= 11 is 0. The summed E-state index contributed by atoms with van der Waals surface area (Å²) in [6.45, 7) is 17.7. The standard InChI is InChI=1S/C45H67NO16/c1-12-22(3)38(51)60-37-35(58-26(7)49)34-28(20-46-19-21(2)13-14-32(46)41(34,10)53)29-18-43-36(44(29,37)54)30(57-25(6)48)17-31-40(43,9)16-15-33(45(31,55)62-43)59-39(52)42(11,61-27(8)50)23(4)56-24(5)47/h21-23,28-37,53-55H,12-20H2,1-11H3/t21?,22?,23?,28-,29+,30-,31?,32+,33?,34?,35?,36?,37+,40?,41-,42?,43-,44+,45+/m1/s1. The molecule has 0 aromatic rings. The van der Waals surface area contributed by atoms with Gasteiger partial charge in [-0.25, -0.2) is 4.79 Å². The molecule has 7 aliphatic rings. The molecule has 0 aromatic carbocycles. The van der Waals surface area contributed by atoms with Gasteiger partial charge in [0.1, 0.15) is 23.9 Å². The predicted octanol–water partition coefficient (Wildman–Crippen LogP) is 2.75. The third-order valence-corrected chi connectivity index (χ3v) is 16.7. The molecule has 0 aromatic heterocycles. The van der Waals surface area contributed by atoms with Crippen molar-refractivity contribution in [3.05, 3.63) is 0 Å². The number of rotatable bonds is 10. The lowest BCUT2D eigenvalue weighted by Crippen LogP contribution is -2.77. The van der Waals surface area contributed by atoms with E-state index >= 15 is 0 Å².